The predicted molar refractivity (Wildman–Crippen MR) is 106 cm³/mol. The van der Waals surface area contributed by atoms with E-state index in [4.69, 9.17) is 0 Å². The molecule has 0 saturated carbocycles. The van der Waals surface area contributed by atoms with Gasteiger partial charge in [0.2, 0.25) is 0 Å². The van der Waals surface area contributed by atoms with Crippen molar-refractivity contribution >= 4 is 29.6 Å². The van der Waals surface area contributed by atoms with Gasteiger partial charge in [0, 0.05) is 12.1 Å². The molecule has 0 spiro atoms. The highest BCUT2D eigenvalue weighted by atomic mass is 32.2. The Kier molecular flexibility index (Phi) is 6.19. The summed E-state index contributed by atoms with van der Waals surface area (Å²) in [4.78, 5) is 22.4. The van der Waals surface area contributed by atoms with Crippen molar-refractivity contribution in [2.24, 2.45) is 12.1 Å². The van der Waals surface area contributed by atoms with Crippen molar-refractivity contribution < 1.29 is 19.4 Å². The third kappa shape index (κ3) is 5.17. The average Bonchev–Trinajstić information content (AvgIpc) is 3.07. The number of non-ortho nitro benzene ring substituents is 1. The number of hydrogen-bond acceptors (Lipinski definition) is 7. The van der Waals surface area contributed by atoms with Gasteiger partial charge in [-0.15, -0.1) is 5.10 Å². The first kappa shape index (κ1) is 20.0. The number of hydrogen-bond donors (Lipinski definition) is 3. The van der Waals surface area contributed by atoms with Gasteiger partial charge in [0.15, 0.2) is 0 Å². The van der Waals surface area contributed by atoms with E-state index in [-0.39, 0.29) is 23.1 Å². The topological polar surface area (TPSA) is 137 Å². The number of nitrogens with one attached hydrogen (secondary N) is 2. The van der Waals surface area contributed by atoms with Crippen molar-refractivity contribution in [1.82, 2.24) is 15.6 Å². The molecular formula is C18H17N6O4S+. The summed E-state index contributed by atoms with van der Waals surface area (Å²) >= 11 is 1.19. The Bertz CT molecular complexity index is 1080. The number of nitro benzene ring substituents is 1. The Morgan fingerprint density at radius 1 is 1.38 bits per heavy atom. The van der Waals surface area contributed by atoms with Crippen molar-refractivity contribution in [2.75, 3.05) is 5.75 Å². The minimum Gasteiger partial charge on any atom is -0.508 e. The molecule has 0 atom stereocenters. The van der Waals surface area contributed by atoms with Gasteiger partial charge in [-0.25, -0.2) is 9.99 Å². The fourth-order valence-corrected chi connectivity index (χ4v) is 3.17. The second-order valence-corrected chi connectivity index (χ2v) is 6.84. The number of nitro groups is 1. The van der Waals surface area contributed by atoms with Crippen LogP contribution in [0.1, 0.15) is 5.56 Å². The van der Waals surface area contributed by atoms with Crippen LogP contribution in [0.4, 0.5) is 5.69 Å². The van der Waals surface area contributed by atoms with Gasteiger partial charge in [-0.3, -0.25) is 14.9 Å². The minimum atomic E-state index is -0.461. The number of carbonyl (C=O) groups excluding carboxylic acids is 1. The van der Waals surface area contributed by atoms with Crippen LogP contribution < -0.4 is 9.99 Å². The van der Waals surface area contributed by atoms with Crippen molar-refractivity contribution in [1.29, 1.82) is 0 Å². The molecule has 3 rings (SSSR count). The molecule has 1 heterocycles. The molecule has 10 nitrogen and oxygen atoms in total. The third-order valence-electron chi connectivity index (χ3n) is 3.82. The zero-order valence-corrected chi connectivity index (χ0v) is 16.1. The van der Waals surface area contributed by atoms with Gasteiger partial charge >= 0.3 is 5.16 Å². The number of benzene rings is 2. The molecule has 3 aromatic rings. The minimum absolute atomic E-state index is 0.0183. The molecule has 1 amide bonds. The summed E-state index contributed by atoms with van der Waals surface area (Å²) in [5.41, 5.74) is 3.65. The molecule has 1 aromatic heterocycles. The van der Waals surface area contributed by atoms with Crippen LogP contribution in [0.15, 0.2) is 58.8 Å². The molecule has 0 aliphatic heterocycles. The number of H-pyrrole nitrogens is 1. The number of nitrogens with zero attached hydrogens (tertiary/aromatic N) is 4. The van der Waals surface area contributed by atoms with E-state index in [1.165, 1.54) is 36.2 Å². The summed E-state index contributed by atoms with van der Waals surface area (Å²) in [6.07, 6.45) is 1.43. The van der Waals surface area contributed by atoms with E-state index in [0.717, 1.165) is 0 Å². The first-order valence-corrected chi connectivity index (χ1v) is 9.35. The zero-order chi connectivity index (χ0) is 20.8. The molecule has 0 radical (unpaired) electrons. The molecule has 0 unspecified atom stereocenters. The second kappa shape index (κ2) is 8.97. The monoisotopic (exact) mass is 413 g/mol. The Labute approximate surface area is 169 Å². The number of thioether (sulfide) groups is 1. The van der Waals surface area contributed by atoms with E-state index >= 15 is 0 Å². The van der Waals surface area contributed by atoms with Crippen LogP contribution in [-0.2, 0) is 11.8 Å². The zero-order valence-electron chi connectivity index (χ0n) is 15.3. The van der Waals surface area contributed by atoms with Gasteiger partial charge in [0.05, 0.1) is 34.6 Å². The van der Waals surface area contributed by atoms with Crippen molar-refractivity contribution in [2.45, 2.75) is 5.16 Å². The molecule has 0 aliphatic rings. The standard InChI is InChI=1S/C18H16N6O4S/c1-23-17(13-5-3-6-14(9-13)24(27)28)21-22-18(23)29-11-16(26)20-19-10-12-4-2-7-15(25)8-12/h2-10H,11H2,1H3,(H2,20,25,26)/p+1. The first-order valence-electron chi connectivity index (χ1n) is 8.37. The number of carbonyl (C=O) groups is 1. The molecule has 3 N–H and O–H groups in total. The lowest BCUT2D eigenvalue weighted by atomic mass is 10.2. The number of aromatic nitrogens is 3. The SMILES string of the molecule is C[n+]1c(SCC(=O)NN=Cc2cccc(O)c2)n[nH]c1-c1cccc([N+](=O)[O-])c1. The molecule has 29 heavy (non-hydrogen) atoms. The number of phenolic OH excluding ortho intramolecular Hbond substituents is 1. The van der Waals surface area contributed by atoms with E-state index in [0.29, 0.717) is 22.1 Å². The van der Waals surface area contributed by atoms with E-state index in [9.17, 15) is 20.0 Å². The van der Waals surface area contributed by atoms with Crippen molar-refractivity contribution in [3.63, 3.8) is 0 Å². The van der Waals surface area contributed by atoms with Crippen LogP contribution in [0.3, 0.4) is 0 Å². The highest BCUT2D eigenvalue weighted by Gasteiger charge is 2.21. The highest BCUT2D eigenvalue weighted by Crippen LogP contribution is 2.21. The fraction of sp³-hybridized carbons (Fsp3) is 0.111. The van der Waals surface area contributed by atoms with Gasteiger partial charge in [-0.05, 0) is 35.5 Å². The van der Waals surface area contributed by atoms with Crippen LogP contribution in [-0.4, -0.2) is 38.1 Å². The smallest absolute Gasteiger partial charge is 0.337 e. The molecule has 11 heteroatoms. The van der Waals surface area contributed by atoms with Gasteiger partial charge in [-0.2, -0.15) is 5.10 Å². The summed E-state index contributed by atoms with van der Waals surface area (Å²) in [5.74, 6) is 0.441. The summed E-state index contributed by atoms with van der Waals surface area (Å²) in [6.45, 7) is 0. The lowest BCUT2D eigenvalue weighted by molar-refractivity contribution is -0.698. The lowest BCUT2D eigenvalue weighted by Crippen LogP contribution is -2.32. The van der Waals surface area contributed by atoms with Crippen LogP contribution in [0.2, 0.25) is 0 Å². The lowest BCUT2D eigenvalue weighted by Gasteiger charge is -1.99. The number of aromatic amines is 1. The van der Waals surface area contributed by atoms with Gasteiger partial charge in [-0.1, -0.05) is 18.2 Å². The Hall–Kier alpha value is -3.73. The van der Waals surface area contributed by atoms with E-state index < -0.39 is 4.92 Å². The van der Waals surface area contributed by atoms with Crippen molar-refractivity contribution in [3.8, 4) is 17.1 Å². The quantitative estimate of drug-likeness (QED) is 0.177. The van der Waals surface area contributed by atoms with Gasteiger partial charge < -0.3 is 5.11 Å². The summed E-state index contributed by atoms with van der Waals surface area (Å²) in [5, 5.41) is 31.7. The number of aromatic hydroxyl groups is 1. The van der Waals surface area contributed by atoms with E-state index in [1.807, 2.05) is 0 Å². The molecule has 0 aliphatic carbocycles. The summed E-state index contributed by atoms with van der Waals surface area (Å²) in [6, 6.07) is 12.7. The molecule has 148 valence electrons. The number of rotatable bonds is 7. The average molecular weight is 413 g/mol. The molecule has 2 aromatic carbocycles. The molecule has 0 saturated heterocycles. The predicted octanol–water partition coefficient (Wildman–Crippen LogP) is 1.76. The maximum atomic E-state index is 12.0. The van der Waals surface area contributed by atoms with Crippen LogP contribution in [0.25, 0.3) is 11.4 Å². The maximum Gasteiger partial charge on any atom is 0.337 e. The highest BCUT2D eigenvalue weighted by molar-refractivity contribution is 7.99. The maximum absolute atomic E-state index is 12.0. The Balaban J connectivity index is 1.59. The largest absolute Gasteiger partial charge is 0.508 e. The first-order chi connectivity index (χ1) is 13.9. The second-order valence-electron chi connectivity index (χ2n) is 5.90. The normalized spacial score (nSPS) is 10.9. The van der Waals surface area contributed by atoms with E-state index in [1.54, 1.807) is 41.9 Å². The number of amides is 1. The van der Waals surface area contributed by atoms with Crippen LogP contribution >= 0.6 is 11.8 Å². The van der Waals surface area contributed by atoms with Gasteiger partial charge in [0.25, 0.3) is 17.4 Å². The summed E-state index contributed by atoms with van der Waals surface area (Å²) < 4.78 is 1.72. The Morgan fingerprint density at radius 3 is 2.93 bits per heavy atom. The third-order valence-corrected chi connectivity index (χ3v) is 4.85. The fourth-order valence-electron chi connectivity index (χ4n) is 2.45. The Morgan fingerprint density at radius 2 is 2.17 bits per heavy atom. The van der Waals surface area contributed by atoms with Crippen molar-refractivity contribution in [3.05, 3.63) is 64.2 Å². The van der Waals surface area contributed by atoms with E-state index in [2.05, 4.69) is 20.7 Å². The number of phenols is 1. The van der Waals surface area contributed by atoms with Crippen LogP contribution in [0, 0.1) is 10.1 Å². The van der Waals surface area contributed by atoms with Gasteiger partial charge in [0.1, 0.15) is 5.75 Å². The van der Waals surface area contributed by atoms with Crippen LogP contribution in [0.5, 0.6) is 5.75 Å². The summed E-state index contributed by atoms with van der Waals surface area (Å²) in [7, 11) is 1.75. The molecular weight excluding hydrogens is 396 g/mol. The molecule has 0 fully saturated rings. The number of hydrazone groups is 1. The molecule has 0 bridgehead atoms.